The summed E-state index contributed by atoms with van der Waals surface area (Å²) in [5.41, 5.74) is 2.21. The van der Waals surface area contributed by atoms with Gasteiger partial charge in [-0.3, -0.25) is 10.0 Å². The molecule has 0 bridgehead atoms. The molecule has 7 heteroatoms. The second-order valence-electron chi connectivity index (χ2n) is 5.17. The highest BCUT2D eigenvalue weighted by Crippen LogP contribution is 2.34. The lowest BCUT2D eigenvalue weighted by atomic mass is 10.2. The van der Waals surface area contributed by atoms with Crippen LogP contribution >= 0.6 is 0 Å². The van der Waals surface area contributed by atoms with Crippen LogP contribution in [0.4, 0.5) is 5.69 Å². The van der Waals surface area contributed by atoms with E-state index < -0.39 is 21.0 Å². The van der Waals surface area contributed by atoms with Crippen molar-refractivity contribution in [1.82, 2.24) is 5.48 Å². The molecular weight excluding hydrogens is 292 g/mol. The van der Waals surface area contributed by atoms with Gasteiger partial charge in [-0.05, 0) is 18.6 Å². The van der Waals surface area contributed by atoms with Gasteiger partial charge in [0, 0.05) is 19.5 Å². The van der Waals surface area contributed by atoms with Gasteiger partial charge in [-0.25, -0.2) is 13.9 Å². The molecule has 1 aromatic carbocycles. The molecule has 0 fully saturated rings. The highest BCUT2D eigenvalue weighted by Gasteiger charge is 2.38. The zero-order valence-electron chi connectivity index (χ0n) is 11.9. The first-order valence-corrected chi connectivity index (χ1v) is 8.56. The van der Waals surface area contributed by atoms with Gasteiger partial charge in [-0.2, -0.15) is 0 Å². The number of nitrogens with one attached hydrogen (secondary N) is 1. The number of carbonyl (C=O) groups is 1. The van der Waals surface area contributed by atoms with Crippen LogP contribution < -0.4 is 10.4 Å². The molecule has 1 unspecified atom stereocenters. The lowest BCUT2D eigenvalue weighted by Gasteiger charge is -2.35. The summed E-state index contributed by atoms with van der Waals surface area (Å²) in [5.74, 6) is -0.682. The number of nitrogens with zero attached hydrogens (tertiary/aromatic N) is 1. The highest BCUT2D eigenvalue weighted by atomic mass is 32.2. The van der Waals surface area contributed by atoms with Gasteiger partial charge in [0.2, 0.25) is 5.91 Å². The molecule has 1 aromatic rings. The van der Waals surface area contributed by atoms with E-state index in [0.29, 0.717) is 5.69 Å². The van der Waals surface area contributed by atoms with Crippen molar-refractivity contribution >= 4 is 21.4 Å². The van der Waals surface area contributed by atoms with Gasteiger partial charge in [0.05, 0.1) is 15.8 Å². The van der Waals surface area contributed by atoms with E-state index in [-0.39, 0.29) is 17.9 Å². The van der Waals surface area contributed by atoms with Gasteiger partial charge in [0.1, 0.15) is 0 Å². The summed E-state index contributed by atoms with van der Waals surface area (Å²) in [4.78, 5) is 13.6. The Morgan fingerprint density at radius 3 is 2.81 bits per heavy atom. The van der Waals surface area contributed by atoms with Crippen molar-refractivity contribution in [3.8, 4) is 0 Å². The zero-order valence-corrected chi connectivity index (χ0v) is 12.8. The number of hydrogen-bond donors (Lipinski definition) is 2. The fourth-order valence-electron chi connectivity index (χ4n) is 2.57. The molecule has 1 amide bonds. The predicted molar refractivity (Wildman–Crippen MR) is 79.1 cm³/mol. The number of sulfone groups is 1. The van der Waals surface area contributed by atoms with Crippen LogP contribution in [0.3, 0.4) is 0 Å². The number of fused-ring (bicyclic) bond motifs is 1. The minimum absolute atomic E-state index is 0.240. The quantitative estimate of drug-likeness (QED) is 0.633. The van der Waals surface area contributed by atoms with Gasteiger partial charge < -0.3 is 4.90 Å². The monoisotopic (exact) mass is 312 g/mol. The molecule has 21 heavy (non-hydrogen) atoms. The van der Waals surface area contributed by atoms with Crippen LogP contribution in [0.5, 0.6) is 0 Å². The molecule has 2 rings (SSSR count). The Labute approximate surface area is 124 Å². The van der Waals surface area contributed by atoms with E-state index in [1.54, 1.807) is 18.2 Å². The van der Waals surface area contributed by atoms with Crippen molar-refractivity contribution < 1.29 is 18.4 Å². The second kappa shape index (κ2) is 6.44. The molecule has 0 radical (unpaired) electrons. The Balaban J connectivity index is 2.38. The number of rotatable bonds is 5. The number of hydroxylamine groups is 1. The van der Waals surface area contributed by atoms with Crippen molar-refractivity contribution in [2.24, 2.45) is 0 Å². The smallest absolute Gasteiger partial charge is 0.244 e. The van der Waals surface area contributed by atoms with Crippen molar-refractivity contribution in [3.05, 3.63) is 24.3 Å². The second-order valence-corrected chi connectivity index (χ2v) is 7.37. The fraction of sp³-hybridized carbons (Fsp3) is 0.500. The van der Waals surface area contributed by atoms with Crippen LogP contribution in [0.1, 0.15) is 26.2 Å². The molecule has 1 aliphatic heterocycles. The van der Waals surface area contributed by atoms with E-state index >= 15 is 0 Å². The third kappa shape index (κ3) is 3.19. The molecule has 2 N–H and O–H groups in total. The van der Waals surface area contributed by atoms with Crippen molar-refractivity contribution in [1.29, 1.82) is 0 Å². The lowest BCUT2D eigenvalue weighted by Crippen LogP contribution is -2.45. The standard InChI is InChI=1S/C14H20N2O4S/c1-2-3-8-16-10-11(9-14(17)15-18)21(19,20)13-7-5-4-6-12(13)16/h4-7,11,18H,2-3,8-10H2,1H3,(H,15,17). The van der Waals surface area contributed by atoms with Gasteiger partial charge >= 0.3 is 0 Å². The summed E-state index contributed by atoms with van der Waals surface area (Å²) in [6.45, 7) is 3.09. The highest BCUT2D eigenvalue weighted by molar-refractivity contribution is 7.92. The molecule has 0 aliphatic carbocycles. The molecule has 0 aromatic heterocycles. The number of amides is 1. The number of unbranched alkanes of at least 4 members (excludes halogenated alkanes) is 1. The molecule has 1 aliphatic rings. The Morgan fingerprint density at radius 2 is 2.14 bits per heavy atom. The van der Waals surface area contributed by atoms with Crippen molar-refractivity contribution in [2.45, 2.75) is 36.3 Å². The van der Waals surface area contributed by atoms with Crippen LogP contribution in [-0.4, -0.2) is 37.9 Å². The SMILES string of the molecule is CCCCN1CC(CC(=O)NO)S(=O)(=O)c2ccccc21. The summed E-state index contributed by atoms with van der Waals surface area (Å²) in [7, 11) is -3.56. The third-order valence-electron chi connectivity index (χ3n) is 3.69. The van der Waals surface area contributed by atoms with Crippen LogP contribution in [0.15, 0.2) is 29.2 Å². The van der Waals surface area contributed by atoms with Crippen molar-refractivity contribution in [3.63, 3.8) is 0 Å². The first kappa shape index (κ1) is 15.8. The molecule has 116 valence electrons. The van der Waals surface area contributed by atoms with Gasteiger partial charge in [0.15, 0.2) is 9.84 Å². The maximum absolute atomic E-state index is 12.6. The van der Waals surface area contributed by atoms with E-state index in [1.807, 2.05) is 11.0 Å². The topological polar surface area (TPSA) is 86.7 Å². The number of para-hydroxylation sites is 1. The minimum atomic E-state index is -3.56. The molecule has 6 nitrogen and oxygen atoms in total. The number of carbonyl (C=O) groups excluding carboxylic acids is 1. The lowest BCUT2D eigenvalue weighted by molar-refractivity contribution is -0.129. The van der Waals surface area contributed by atoms with Crippen LogP contribution in [0.25, 0.3) is 0 Å². The predicted octanol–water partition coefficient (Wildman–Crippen LogP) is 1.34. The summed E-state index contributed by atoms with van der Waals surface area (Å²) in [6, 6.07) is 6.87. The Morgan fingerprint density at radius 1 is 1.43 bits per heavy atom. The number of anilines is 1. The Kier molecular flexibility index (Phi) is 4.84. The van der Waals surface area contributed by atoms with Gasteiger partial charge in [-0.15, -0.1) is 0 Å². The first-order chi connectivity index (χ1) is 10.0. The van der Waals surface area contributed by atoms with Crippen LogP contribution in [0.2, 0.25) is 0 Å². The fourth-order valence-corrected chi connectivity index (χ4v) is 4.43. The summed E-state index contributed by atoms with van der Waals surface area (Å²) < 4.78 is 25.2. The van der Waals surface area contributed by atoms with E-state index in [0.717, 1.165) is 19.4 Å². The minimum Gasteiger partial charge on any atom is -0.369 e. The average Bonchev–Trinajstić information content (AvgIpc) is 2.49. The average molecular weight is 312 g/mol. The van der Waals surface area contributed by atoms with E-state index in [1.165, 1.54) is 5.48 Å². The van der Waals surface area contributed by atoms with E-state index in [2.05, 4.69) is 6.92 Å². The summed E-state index contributed by atoms with van der Waals surface area (Å²) in [6.07, 6.45) is 1.72. The normalized spacial score (nSPS) is 19.9. The molecule has 1 heterocycles. The maximum atomic E-state index is 12.6. The molecule has 0 saturated heterocycles. The van der Waals surface area contributed by atoms with Crippen LogP contribution in [0, 0.1) is 0 Å². The van der Waals surface area contributed by atoms with Gasteiger partial charge in [0.25, 0.3) is 0 Å². The number of benzene rings is 1. The van der Waals surface area contributed by atoms with Crippen LogP contribution in [-0.2, 0) is 14.6 Å². The third-order valence-corrected chi connectivity index (χ3v) is 5.85. The largest absolute Gasteiger partial charge is 0.369 e. The first-order valence-electron chi connectivity index (χ1n) is 7.01. The van der Waals surface area contributed by atoms with Crippen molar-refractivity contribution in [2.75, 3.05) is 18.0 Å². The maximum Gasteiger partial charge on any atom is 0.244 e. The number of hydrogen-bond acceptors (Lipinski definition) is 5. The molecule has 0 spiro atoms. The van der Waals surface area contributed by atoms with E-state index in [4.69, 9.17) is 5.21 Å². The molecular formula is C14H20N2O4S. The summed E-state index contributed by atoms with van der Waals surface area (Å²) in [5, 5.41) is 7.79. The molecule has 1 atom stereocenters. The van der Waals surface area contributed by atoms with E-state index in [9.17, 15) is 13.2 Å². The molecule has 0 saturated carbocycles. The summed E-state index contributed by atoms with van der Waals surface area (Å²) >= 11 is 0. The Bertz CT molecular complexity index is 615. The zero-order chi connectivity index (χ0) is 15.5. The Hall–Kier alpha value is -1.60. The van der Waals surface area contributed by atoms with Gasteiger partial charge in [-0.1, -0.05) is 25.5 Å².